The zero-order valence-electron chi connectivity index (χ0n) is 21.0. The molecule has 2 atom stereocenters. The van der Waals surface area contributed by atoms with E-state index in [1.165, 1.54) is 0 Å². The van der Waals surface area contributed by atoms with Crippen LogP contribution in [0.3, 0.4) is 0 Å². The summed E-state index contributed by atoms with van der Waals surface area (Å²) >= 11 is 0. The fourth-order valence-electron chi connectivity index (χ4n) is 4.65. The van der Waals surface area contributed by atoms with Crippen LogP contribution in [0.5, 0.6) is 0 Å². The van der Waals surface area contributed by atoms with Gasteiger partial charge in [0, 0.05) is 24.9 Å². The Morgan fingerprint density at radius 3 is 2.09 bits per heavy atom. The largest absolute Gasteiger partial charge is 0.481 e. The first-order valence-electron chi connectivity index (χ1n) is 12.4. The predicted molar refractivity (Wildman–Crippen MR) is 135 cm³/mol. The Balaban J connectivity index is 1.69. The molecule has 7 heteroatoms. The van der Waals surface area contributed by atoms with Gasteiger partial charge >= 0.3 is 12.1 Å². The van der Waals surface area contributed by atoms with E-state index >= 15 is 0 Å². The van der Waals surface area contributed by atoms with Crippen LogP contribution in [0.1, 0.15) is 64.0 Å². The zero-order valence-corrected chi connectivity index (χ0v) is 21.0. The Kier molecular flexibility index (Phi) is 8.90. The molecule has 0 aromatic heterocycles. The smallest absolute Gasteiger partial charge is 0.407 e. The van der Waals surface area contributed by atoms with Gasteiger partial charge in [-0.3, -0.25) is 9.59 Å². The Morgan fingerprint density at radius 2 is 1.57 bits per heavy atom. The van der Waals surface area contributed by atoms with E-state index in [1.807, 2.05) is 52.0 Å². The normalized spacial score (nSPS) is 14.1. The van der Waals surface area contributed by atoms with E-state index in [9.17, 15) is 14.4 Å². The molecule has 2 N–H and O–H groups in total. The number of carboxylic acids is 1. The van der Waals surface area contributed by atoms with Crippen molar-refractivity contribution in [3.63, 3.8) is 0 Å². The average molecular weight is 481 g/mol. The summed E-state index contributed by atoms with van der Waals surface area (Å²) in [5.41, 5.74) is 4.55. The molecule has 2 aromatic rings. The number of alkyl carbamates (subject to hydrolysis) is 1. The molecule has 3 rings (SSSR count). The summed E-state index contributed by atoms with van der Waals surface area (Å²) in [5, 5.41) is 11.8. The van der Waals surface area contributed by atoms with Crippen LogP contribution in [0.15, 0.2) is 48.5 Å². The Labute approximate surface area is 207 Å². The van der Waals surface area contributed by atoms with Crippen LogP contribution in [0.25, 0.3) is 11.1 Å². The first-order chi connectivity index (χ1) is 16.7. The summed E-state index contributed by atoms with van der Waals surface area (Å²) in [6.07, 6.45) is 0.419. The molecule has 1 aliphatic rings. The van der Waals surface area contributed by atoms with Crippen LogP contribution in [0.2, 0.25) is 0 Å². The highest BCUT2D eigenvalue weighted by atomic mass is 16.5. The van der Waals surface area contributed by atoms with Gasteiger partial charge in [0.05, 0.1) is 0 Å². The fraction of sp³-hybridized carbons (Fsp3) is 0.464. The molecule has 1 aliphatic carbocycles. The number of carboxylic acid groups (broad SMARTS) is 1. The molecule has 2 aromatic carbocycles. The standard InChI is InChI=1S/C28H36N2O5/c1-5-19(4)26(27(33)30(18(2)3)16-10-15-25(31)32)29-28(34)35-17-24-22-13-8-6-11-20(22)21-12-7-9-14-23(21)24/h6-9,11-14,18-19,24,26H,5,10,15-17H2,1-4H3,(H,29,34)(H,31,32). The molecule has 0 spiro atoms. The Morgan fingerprint density at radius 1 is 1.00 bits per heavy atom. The number of amides is 2. The van der Waals surface area contributed by atoms with E-state index in [0.29, 0.717) is 19.4 Å². The SMILES string of the molecule is CCC(C)C(NC(=O)OCC1c2ccccc2-c2ccccc21)C(=O)N(CCCC(=O)O)C(C)C. The van der Waals surface area contributed by atoms with Gasteiger partial charge in [-0.1, -0.05) is 68.8 Å². The van der Waals surface area contributed by atoms with Crippen LogP contribution < -0.4 is 5.32 Å². The first-order valence-corrected chi connectivity index (χ1v) is 12.4. The molecular formula is C28H36N2O5. The minimum atomic E-state index is -0.892. The lowest BCUT2D eigenvalue weighted by atomic mass is 9.97. The number of aliphatic carboxylic acids is 1. The summed E-state index contributed by atoms with van der Waals surface area (Å²) < 4.78 is 5.67. The van der Waals surface area contributed by atoms with Gasteiger partial charge in [0.1, 0.15) is 12.6 Å². The second-order valence-electron chi connectivity index (χ2n) is 9.46. The third-order valence-electron chi connectivity index (χ3n) is 6.79. The molecule has 0 saturated carbocycles. The average Bonchev–Trinajstić information content (AvgIpc) is 3.16. The monoisotopic (exact) mass is 480 g/mol. The molecule has 7 nitrogen and oxygen atoms in total. The van der Waals surface area contributed by atoms with Gasteiger partial charge in [-0.15, -0.1) is 0 Å². The van der Waals surface area contributed by atoms with Crippen molar-refractivity contribution in [1.82, 2.24) is 10.2 Å². The topological polar surface area (TPSA) is 95.9 Å². The van der Waals surface area contributed by atoms with Crippen LogP contribution in [0.4, 0.5) is 4.79 Å². The summed E-state index contributed by atoms with van der Waals surface area (Å²) in [6, 6.07) is 15.4. The van der Waals surface area contributed by atoms with Crippen molar-refractivity contribution in [2.75, 3.05) is 13.2 Å². The maximum absolute atomic E-state index is 13.4. The summed E-state index contributed by atoms with van der Waals surface area (Å²) in [6.45, 7) is 8.16. The van der Waals surface area contributed by atoms with Gasteiger partial charge in [-0.2, -0.15) is 0 Å². The minimum absolute atomic E-state index is 0.00962. The minimum Gasteiger partial charge on any atom is -0.481 e. The van der Waals surface area contributed by atoms with Crippen LogP contribution in [-0.4, -0.2) is 53.2 Å². The van der Waals surface area contributed by atoms with Crippen molar-refractivity contribution < 1.29 is 24.2 Å². The second-order valence-corrected chi connectivity index (χ2v) is 9.46. The van der Waals surface area contributed by atoms with Gasteiger partial charge in [0.2, 0.25) is 5.91 Å². The van der Waals surface area contributed by atoms with Crippen molar-refractivity contribution in [2.45, 2.75) is 65.0 Å². The van der Waals surface area contributed by atoms with E-state index < -0.39 is 18.1 Å². The van der Waals surface area contributed by atoms with E-state index in [1.54, 1.807) is 4.90 Å². The molecular weight excluding hydrogens is 444 g/mol. The number of hydrogen-bond donors (Lipinski definition) is 2. The molecule has 0 radical (unpaired) electrons. The molecule has 0 aliphatic heterocycles. The maximum atomic E-state index is 13.4. The molecule has 0 fully saturated rings. The number of nitrogens with one attached hydrogen (secondary N) is 1. The molecule has 188 valence electrons. The highest BCUT2D eigenvalue weighted by Crippen LogP contribution is 2.44. The third kappa shape index (κ3) is 6.21. The molecule has 0 saturated heterocycles. The Hall–Kier alpha value is -3.35. The van der Waals surface area contributed by atoms with Gasteiger partial charge in [0.25, 0.3) is 0 Å². The lowest BCUT2D eigenvalue weighted by Crippen LogP contribution is -2.53. The summed E-state index contributed by atoms with van der Waals surface area (Å²) in [7, 11) is 0. The predicted octanol–water partition coefficient (Wildman–Crippen LogP) is 5.04. The van der Waals surface area contributed by atoms with Crippen molar-refractivity contribution in [1.29, 1.82) is 0 Å². The first kappa shape index (κ1) is 26.3. The number of nitrogens with zero attached hydrogens (tertiary/aromatic N) is 1. The zero-order chi connectivity index (χ0) is 25.5. The molecule has 2 amide bonds. The van der Waals surface area contributed by atoms with E-state index in [-0.39, 0.29) is 36.8 Å². The van der Waals surface area contributed by atoms with Crippen molar-refractivity contribution in [2.24, 2.45) is 5.92 Å². The molecule has 0 bridgehead atoms. The van der Waals surface area contributed by atoms with Crippen LogP contribution in [-0.2, 0) is 14.3 Å². The van der Waals surface area contributed by atoms with Crippen molar-refractivity contribution >= 4 is 18.0 Å². The third-order valence-corrected chi connectivity index (χ3v) is 6.79. The number of carbonyl (C=O) groups excluding carboxylic acids is 2. The number of ether oxygens (including phenoxy) is 1. The Bertz CT molecular complexity index is 1010. The highest BCUT2D eigenvalue weighted by Gasteiger charge is 2.33. The van der Waals surface area contributed by atoms with Crippen LogP contribution in [0, 0.1) is 5.92 Å². The summed E-state index contributed by atoms with van der Waals surface area (Å²) in [5.74, 6) is -1.28. The quantitative estimate of drug-likeness (QED) is 0.470. The summed E-state index contributed by atoms with van der Waals surface area (Å²) in [4.78, 5) is 38.8. The second kappa shape index (κ2) is 11.9. The van der Waals surface area contributed by atoms with E-state index in [0.717, 1.165) is 22.3 Å². The highest BCUT2D eigenvalue weighted by molar-refractivity contribution is 5.86. The van der Waals surface area contributed by atoms with Gasteiger partial charge < -0.3 is 20.1 Å². The van der Waals surface area contributed by atoms with Crippen molar-refractivity contribution in [3.05, 3.63) is 59.7 Å². The van der Waals surface area contributed by atoms with Gasteiger partial charge in [-0.05, 0) is 48.4 Å². The van der Waals surface area contributed by atoms with Gasteiger partial charge in [-0.25, -0.2) is 4.79 Å². The molecule has 2 unspecified atom stereocenters. The van der Waals surface area contributed by atoms with Crippen molar-refractivity contribution in [3.8, 4) is 11.1 Å². The number of rotatable bonds is 11. The lowest BCUT2D eigenvalue weighted by molar-refractivity contribution is -0.139. The molecule has 0 heterocycles. The number of fused-ring (bicyclic) bond motifs is 3. The lowest BCUT2D eigenvalue weighted by Gasteiger charge is -2.33. The maximum Gasteiger partial charge on any atom is 0.407 e. The number of benzene rings is 2. The van der Waals surface area contributed by atoms with E-state index in [2.05, 4.69) is 29.6 Å². The van der Waals surface area contributed by atoms with Gasteiger partial charge in [0.15, 0.2) is 0 Å². The fourth-order valence-corrected chi connectivity index (χ4v) is 4.65. The van der Waals surface area contributed by atoms with E-state index in [4.69, 9.17) is 9.84 Å². The van der Waals surface area contributed by atoms with Crippen LogP contribution >= 0.6 is 0 Å². The number of hydrogen-bond acceptors (Lipinski definition) is 4. The molecule has 35 heavy (non-hydrogen) atoms. The number of carbonyl (C=O) groups is 3.